The van der Waals surface area contributed by atoms with Crippen LogP contribution in [0.4, 0.5) is 5.69 Å². The molecule has 0 radical (unpaired) electrons. The summed E-state index contributed by atoms with van der Waals surface area (Å²) in [7, 11) is 1.53. The van der Waals surface area contributed by atoms with Crippen LogP contribution >= 0.6 is 0 Å². The molecule has 2 amide bonds. The number of anilines is 1. The molecular weight excluding hydrogens is 342 g/mol. The predicted octanol–water partition coefficient (Wildman–Crippen LogP) is 3.62. The van der Waals surface area contributed by atoms with Gasteiger partial charge in [-0.15, -0.1) is 0 Å². The van der Waals surface area contributed by atoms with Crippen LogP contribution in [0.25, 0.3) is 6.08 Å². The van der Waals surface area contributed by atoms with Gasteiger partial charge in [0.15, 0.2) is 0 Å². The van der Waals surface area contributed by atoms with Crippen molar-refractivity contribution in [1.82, 2.24) is 5.43 Å². The minimum atomic E-state index is -0.322. The van der Waals surface area contributed by atoms with Crippen LogP contribution in [-0.4, -0.2) is 24.6 Å². The summed E-state index contributed by atoms with van der Waals surface area (Å²) >= 11 is 0. The fraction of sp³-hybridized carbons (Fsp3) is 0.190. The molecule has 0 aliphatic heterocycles. The maximum atomic E-state index is 12.0. The first kappa shape index (κ1) is 19.9. The third-order valence-corrected chi connectivity index (χ3v) is 3.63. The number of ether oxygens (including phenoxy) is 1. The first-order valence-electron chi connectivity index (χ1n) is 8.57. The summed E-state index contributed by atoms with van der Waals surface area (Å²) in [6.07, 6.45) is 3.81. The number of hydrogen-bond acceptors (Lipinski definition) is 4. The highest BCUT2D eigenvalue weighted by Crippen LogP contribution is 2.23. The van der Waals surface area contributed by atoms with E-state index in [1.807, 2.05) is 48.6 Å². The molecule has 0 unspecified atom stereocenters. The number of nitrogens with zero attached hydrogens (tertiary/aromatic N) is 1. The van der Waals surface area contributed by atoms with Crippen LogP contribution in [0.15, 0.2) is 65.8 Å². The van der Waals surface area contributed by atoms with E-state index in [0.717, 1.165) is 5.56 Å². The third kappa shape index (κ3) is 7.15. The zero-order valence-electron chi connectivity index (χ0n) is 15.4. The van der Waals surface area contributed by atoms with E-state index in [1.165, 1.54) is 7.11 Å². The fourth-order valence-electron chi connectivity index (χ4n) is 2.21. The molecule has 2 aromatic carbocycles. The van der Waals surface area contributed by atoms with Crippen LogP contribution in [0.5, 0.6) is 5.75 Å². The maximum absolute atomic E-state index is 12.0. The number of para-hydroxylation sites is 2. The van der Waals surface area contributed by atoms with Gasteiger partial charge in [0.25, 0.3) is 0 Å². The van der Waals surface area contributed by atoms with Gasteiger partial charge in [-0.2, -0.15) is 5.10 Å². The zero-order chi connectivity index (χ0) is 19.5. The standard InChI is InChI=1S/C21H23N3O3/c1-16(12-13-17-8-4-3-5-9-17)23-24-21(26)15-14-20(25)22-18-10-6-7-11-19(18)27-2/h3-13H,14-15H2,1-2H3,(H,22,25)(H,24,26)/b13-12+,23-16-. The number of benzene rings is 2. The summed E-state index contributed by atoms with van der Waals surface area (Å²) in [5.41, 5.74) is 4.73. The fourth-order valence-corrected chi connectivity index (χ4v) is 2.21. The molecular formula is C21H23N3O3. The zero-order valence-corrected chi connectivity index (χ0v) is 15.4. The highest BCUT2D eigenvalue weighted by molar-refractivity contribution is 5.97. The minimum absolute atomic E-state index is 0.0418. The van der Waals surface area contributed by atoms with Gasteiger partial charge in [0.1, 0.15) is 5.75 Å². The quantitative estimate of drug-likeness (QED) is 0.554. The Morgan fingerprint density at radius 2 is 1.67 bits per heavy atom. The third-order valence-electron chi connectivity index (χ3n) is 3.63. The van der Waals surface area contributed by atoms with Crippen LogP contribution in [0.3, 0.4) is 0 Å². The molecule has 0 aliphatic rings. The summed E-state index contributed by atoms with van der Waals surface area (Å²) in [4.78, 5) is 23.8. The van der Waals surface area contributed by atoms with Gasteiger partial charge in [-0.05, 0) is 30.7 Å². The Balaban J connectivity index is 1.76. The summed E-state index contributed by atoms with van der Waals surface area (Å²) in [6.45, 7) is 1.79. The van der Waals surface area contributed by atoms with Crippen LogP contribution < -0.4 is 15.5 Å². The highest BCUT2D eigenvalue weighted by Gasteiger charge is 2.09. The smallest absolute Gasteiger partial charge is 0.240 e. The number of hydrazone groups is 1. The number of rotatable bonds is 8. The Morgan fingerprint density at radius 1 is 1.00 bits per heavy atom. The van der Waals surface area contributed by atoms with E-state index in [2.05, 4.69) is 15.8 Å². The molecule has 27 heavy (non-hydrogen) atoms. The van der Waals surface area contributed by atoms with Gasteiger partial charge in [0, 0.05) is 12.8 Å². The molecule has 140 valence electrons. The number of methoxy groups -OCH3 is 1. The molecule has 6 nitrogen and oxygen atoms in total. The first-order chi connectivity index (χ1) is 13.1. The molecule has 0 fully saturated rings. The van der Waals surface area contributed by atoms with Crippen molar-refractivity contribution in [3.05, 3.63) is 66.2 Å². The normalized spacial score (nSPS) is 11.3. The second-order valence-corrected chi connectivity index (χ2v) is 5.78. The molecule has 0 bridgehead atoms. The summed E-state index contributed by atoms with van der Waals surface area (Å²) in [6, 6.07) is 16.9. The van der Waals surface area contributed by atoms with Gasteiger partial charge >= 0.3 is 0 Å². The van der Waals surface area contributed by atoms with E-state index in [4.69, 9.17) is 4.74 Å². The lowest BCUT2D eigenvalue weighted by Gasteiger charge is -2.09. The second-order valence-electron chi connectivity index (χ2n) is 5.78. The summed E-state index contributed by atoms with van der Waals surface area (Å²) < 4.78 is 5.17. The van der Waals surface area contributed by atoms with Gasteiger partial charge in [-0.25, -0.2) is 5.43 Å². The van der Waals surface area contributed by atoms with Crippen molar-refractivity contribution in [2.24, 2.45) is 5.10 Å². The number of hydrogen-bond donors (Lipinski definition) is 2. The molecule has 6 heteroatoms. The van der Waals surface area contributed by atoms with Crippen molar-refractivity contribution in [2.45, 2.75) is 19.8 Å². The van der Waals surface area contributed by atoms with Crippen LogP contribution in [0, 0.1) is 0 Å². The molecule has 0 heterocycles. The molecule has 2 rings (SSSR count). The van der Waals surface area contributed by atoms with E-state index in [1.54, 1.807) is 25.1 Å². The summed E-state index contributed by atoms with van der Waals surface area (Å²) in [5.74, 6) is -0.0160. The monoisotopic (exact) mass is 365 g/mol. The number of carbonyl (C=O) groups is 2. The van der Waals surface area contributed by atoms with E-state index in [-0.39, 0.29) is 24.7 Å². The van der Waals surface area contributed by atoms with E-state index in [0.29, 0.717) is 17.1 Å². The molecule has 0 aliphatic carbocycles. The Morgan fingerprint density at radius 3 is 2.41 bits per heavy atom. The average Bonchev–Trinajstić information content (AvgIpc) is 2.70. The van der Waals surface area contributed by atoms with Crippen molar-refractivity contribution < 1.29 is 14.3 Å². The van der Waals surface area contributed by atoms with Crippen molar-refractivity contribution in [3.63, 3.8) is 0 Å². The number of amides is 2. The van der Waals surface area contributed by atoms with Crippen molar-refractivity contribution in [1.29, 1.82) is 0 Å². The van der Waals surface area contributed by atoms with Crippen molar-refractivity contribution >= 4 is 29.3 Å². The van der Waals surface area contributed by atoms with E-state index >= 15 is 0 Å². The molecule has 2 N–H and O–H groups in total. The van der Waals surface area contributed by atoms with Crippen molar-refractivity contribution in [3.8, 4) is 5.75 Å². The number of allylic oxidation sites excluding steroid dienone is 1. The Bertz CT molecular complexity index is 830. The van der Waals surface area contributed by atoms with Crippen molar-refractivity contribution in [2.75, 3.05) is 12.4 Å². The predicted molar refractivity (Wildman–Crippen MR) is 108 cm³/mol. The molecule has 0 saturated heterocycles. The number of carbonyl (C=O) groups excluding carboxylic acids is 2. The Hall–Kier alpha value is -3.41. The lowest BCUT2D eigenvalue weighted by molar-refractivity contribution is -0.124. The Labute approximate surface area is 158 Å². The average molecular weight is 365 g/mol. The number of nitrogens with one attached hydrogen (secondary N) is 2. The SMILES string of the molecule is COc1ccccc1NC(=O)CCC(=O)N/N=C(C)\C=C\c1ccccc1. The van der Waals surface area contributed by atoms with E-state index < -0.39 is 0 Å². The van der Waals surface area contributed by atoms with Crippen LogP contribution in [0.1, 0.15) is 25.3 Å². The van der Waals surface area contributed by atoms with Gasteiger partial charge in [0.2, 0.25) is 11.8 Å². The van der Waals surface area contributed by atoms with Crippen LogP contribution in [-0.2, 0) is 9.59 Å². The molecule has 2 aromatic rings. The van der Waals surface area contributed by atoms with Gasteiger partial charge in [-0.3, -0.25) is 9.59 Å². The lowest BCUT2D eigenvalue weighted by atomic mass is 10.2. The first-order valence-corrected chi connectivity index (χ1v) is 8.57. The molecule has 0 aromatic heterocycles. The van der Waals surface area contributed by atoms with Gasteiger partial charge in [0.05, 0.1) is 18.5 Å². The maximum Gasteiger partial charge on any atom is 0.240 e. The van der Waals surface area contributed by atoms with Gasteiger partial charge < -0.3 is 10.1 Å². The largest absolute Gasteiger partial charge is 0.495 e. The lowest BCUT2D eigenvalue weighted by Crippen LogP contribution is -2.21. The molecule has 0 atom stereocenters. The summed E-state index contributed by atoms with van der Waals surface area (Å²) in [5, 5.41) is 6.74. The Kier molecular flexibility index (Phi) is 7.78. The minimum Gasteiger partial charge on any atom is -0.495 e. The second kappa shape index (κ2) is 10.6. The van der Waals surface area contributed by atoms with E-state index in [9.17, 15) is 9.59 Å². The van der Waals surface area contributed by atoms with Crippen LogP contribution in [0.2, 0.25) is 0 Å². The topological polar surface area (TPSA) is 79.8 Å². The van der Waals surface area contributed by atoms with Gasteiger partial charge in [-0.1, -0.05) is 48.5 Å². The highest BCUT2D eigenvalue weighted by atomic mass is 16.5. The molecule has 0 saturated carbocycles. The molecule has 0 spiro atoms.